The van der Waals surface area contributed by atoms with Crippen LogP contribution in [0.2, 0.25) is 0 Å². The normalized spacial score (nSPS) is 16.6. The molecule has 0 bridgehead atoms. The van der Waals surface area contributed by atoms with E-state index in [4.69, 9.17) is 0 Å². The van der Waals surface area contributed by atoms with Crippen LogP contribution >= 0.6 is 0 Å². The van der Waals surface area contributed by atoms with Crippen molar-refractivity contribution in [3.63, 3.8) is 0 Å². The number of hydrogen-bond acceptors (Lipinski definition) is 2. The van der Waals surface area contributed by atoms with Crippen LogP contribution in [0.25, 0.3) is 0 Å². The molecule has 1 aliphatic carbocycles. The van der Waals surface area contributed by atoms with Crippen molar-refractivity contribution < 1.29 is 4.79 Å². The Balaban J connectivity index is 1.79. The number of benzene rings is 1. The highest BCUT2D eigenvalue weighted by Crippen LogP contribution is 2.27. The molecule has 1 aromatic carbocycles. The second kappa shape index (κ2) is 6.77. The van der Waals surface area contributed by atoms with Crippen LogP contribution in [0.5, 0.6) is 0 Å². The highest BCUT2D eigenvalue weighted by atomic mass is 16.2. The molecule has 0 unspecified atom stereocenters. The lowest BCUT2D eigenvalue weighted by Gasteiger charge is -2.31. The van der Waals surface area contributed by atoms with Gasteiger partial charge in [-0.25, -0.2) is 0 Å². The van der Waals surface area contributed by atoms with E-state index in [0.717, 1.165) is 12.8 Å². The maximum absolute atomic E-state index is 13.0. The summed E-state index contributed by atoms with van der Waals surface area (Å²) < 4.78 is 1.75. The van der Waals surface area contributed by atoms with Crippen LogP contribution in [0, 0.1) is 0 Å². The Morgan fingerprint density at radius 1 is 1.27 bits per heavy atom. The molecule has 1 heterocycles. The van der Waals surface area contributed by atoms with E-state index in [1.807, 2.05) is 37.4 Å². The molecule has 22 heavy (non-hydrogen) atoms. The molecule has 1 saturated carbocycles. The molecule has 1 aromatic heterocycles. The highest BCUT2D eigenvalue weighted by molar-refractivity contribution is 5.80. The van der Waals surface area contributed by atoms with E-state index in [0.29, 0.717) is 12.6 Å². The van der Waals surface area contributed by atoms with Gasteiger partial charge < -0.3 is 4.90 Å². The Morgan fingerprint density at radius 2 is 2.00 bits per heavy atom. The predicted molar refractivity (Wildman–Crippen MR) is 86.2 cm³/mol. The third-order valence-electron chi connectivity index (χ3n) is 4.52. The summed E-state index contributed by atoms with van der Waals surface area (Å²) >= 11 is 0. The number of amides is 1. The fourth-order valence-corrected chi connectivity index (χ4v) is 3.25. The summed E-state index contributed by atoms with van der Waals surface area (Å²) in [4.78, 5) is 15.1. The van der Waals surface area contributed by atoms with E-state index in [1.54, 1.807) is 10.9 Å². The summed E-state index contributed by atoms with van der Waals surface area (Å²) in [7, 11) is 0. The second-order valence-corrected chi connectivity index (χ2v) is 6.05. The zero-order valence-corrected chi connectivity index (χ0v) is 13.1. The topological polar surface area (TPSA) is 38.1 Å². The first-order valence-corrected chi connectivity index (χ1v) is 8.09. The number of rotatable bonds is 5. The lowest BCUT2D eigenvalue weighted by molar-refractivity contribution is -0.137. The average molecular weight is 297 g/mol. The first-order chi connectivity index (χ1) is 10.8. The van der Waals surface area contributed by atoms with E-state index < -0.39 is 0 Å². The van der Waals surface area contributed by atoms with Crippen molar-refractivity contribution in [2.75, 3.05) is 0 Å². The van der Waals surface area contributed by atoms with Crippen molar-refractivity contribution in [2.24, 2.45) is 0 Å². The lowest BCUT2D eigenvalue weighted by atomic mass is 10.1. The highest BCUT2D eigenvalue weighted by Gasteiger charge is 2.30. The van der Waals surface area contributed by atoms with E-state index in [1.165, 1.54) is 18.4 Å². The van der Waals surface area contributed by atoms with Gasteiger partial charge in [-0.3, -0.25) is 9.48 Å². The number of hydrogen-bond donors (Lipinski definition) is 0. The van der Waals surface area contributed by atoms with E-state index in [9.17, 15) is 4.79 Å². The first kappa shape index (κ1) is 14.8. The number of nitrogens with zero attached hydrogens (tertiary/aromatic N) is 3. The maximum Gasteiger partial charge on any atom is 0.247 e. The maximum atomic E-state index is 13.0. The van der Waals surface area contributed by atoms with Gasteiger partial charge in [-0.2, -0.15) is 5.10 Å². The SMILES string of the molecule is C[C@@H](C(=O)N(Cc1ccccc1)C1CCCC1)n1cccn1. The summed E-state index contributed by atoms with van der Waals surface area (Å²) in [5, 5.41) is 4.22. The minimum Gasteiger partial charge on any atom is -0.334 e. The Hall–Kier alpha value is -2.10. The van der Waals surface area contributed by atoms with Gasteiger partial charge in [0, 0.05) is 25.0 Å². The monoisotopic (exact) mass is 297 g/mol. The van der Waals surface area contributed by atoms with Crippen LogP contribution in [-0.4, -0.2) is 26.6 Å². The Bertz CT molecular complexity index is 588. The van der Waals surface area contributed by atoms with Crippen molar-refractivity contribution in [1.82, 2.24) is 14.7 Å². The molecule has 1 aliphatic rings. The molecule has 116 valence electrons. The minimum atomic E-state index is -0.251. The summed E-state index contributed by atoms with van der Waals surface area (Å²) in [5.41, 5.74) is 1.19. The van der Waals surface area contributed by atoms with Gasteiger partial charge in [-0.1, -0.05) is 43.2 Å². The smallest absolute Gasteiger partial charge is 0.247 e. The van der Waals surface area contributed by atoms with Gasteiger partial charge in [-0.05, 0) is 31.4 Å². The molecular formula is C18H23N3O. The van der Waals surface area contributed by atoms with E-state index in [2.05, 4.69) is 22.1 Å². The summed E-state index contributed by atoms with van der Waals surface area (Å²) in [6.07, 6.45) is 8.26. The van der Waals surface area contributed by atoms with Crippen LogP contribution in [0.15, 0.2) is 48.8 Å². The van der Waals surface area contributed by atoms with E-state index in [-0.39, 0.29) is 11.9 Å². The fourth-order valence-electron chi connectivity index (χ4n) is 3.25. The quantitative estimate of drug-likeness (QED) is 0.848. The molecule has 1 atom stereocenters. The summed E-state index contributed by atoms with van der Waals surface area (Å²) in [5.74, 6) is 0.166. The standard InChI is InChI=1S/C18H23N3O/c1-15(21-13-7-12-19-21)18(22)20(17-10-5-6-11-17)14-16-8-3-2-4-9-16/h2-4,7-9,12-13,15,17H,5-6,10-11,14H2,1H3/t15-/m0/s1. The van der Waals surface area contributed by atoms with Gasteiger partial charge in [0.1, 0.15) is 6.04 Å². The van der Waals surface area contributed by atoms with Crippen LogP contribution in [0.3, 0.4) is 0 Å². The summed E-state index contributed by atoms with van der Waals surface area (Å²) in [6, 6.07) is 12.2. The zero-order valence-electron chi connectivity index (χ0n) is 13.1. The van der Waals surface area contributed by atoms with Gasteiger partial charge in [0.05, 0.1) is 0 Å². The van der Waals surface area contributed by atoms with Gasteiger partial charge in [0.25, 0.3) is 0 Å². The molecule has 0 aliphatic heterocycles. The van der Waals surface area contributed by atoms with E-state index >= 15 is 0 Å². The van der Waals surface area contributed by atoms with Crippen molar-refractivity contribution in [2.45, 2.75) is 51.2 Å². The predicted octanol–water partition coefficient (Wildman–Crippen LogP) is 3.42. The Labute approximate surface area is 131 Å². The molecule has 3 rings (SSSR count). The molecule has 0 N–H and O–H groups in total. The largest absolute Gasteiger partial charge is 0.334 e. The molecule has 0 spiro atoms. The third-order valence-corrected chi connectivity index (χ3v) is 4.52. The molecular weight excluding hydrogens is 274 g/mol. The summed E-state index contributed by atoms with van der Waals surface area (Å²) in [6.45, 7) is 2.62. The Kier molecular flexibility index (Phi) is 4.56. The van der Waals surface area contributed by atoms with Crippen LogP contribution in [0.1, 0.15) is 44.2 Å². The van der Waals surface area contributed by atoms with Gasteiger partial charge in [0.2, 0.25) is 5.91 Å². The van der Waals surface area contributed by atoms with Crippen molar-refractivity contribution >= 4 is 5.91 Å². The third kappa shape index (κ3) is 3.21. The lowest BCUT2D eigenvalue weighted by Crippen LogP contribution is -2.42. The van der Waals surface area contributed by atoms with Crippen LogP contribution in [-0.2, 0) is 11.3 Å². The molecule has 2 aromatic rings. The zero-order chi connectivity index (χ0) is 15.4. The van der Waals surface area contributed by atoms with Gasteiger partial charge >= 0.3 is 0 Å². The molecule has 0 radical (unpaired) electrons. The van der Waals surface area contributed by atoms with Crippen molar-refractivity contribution in [3.05, 3.63) is 54.4 Å². The average Bonchev–Trinajstić information content (AvgIpc) is 3.25. The molecule has 1 fully saturated rings. The van der Waals surface area contributed by atoms with Gasteiger partial charge in [0.15, 0.2) is 0 Å². The molecule has 1 amide bonds. The number of aromatic nitrogens is 2. The number of carbonyl (C=O) groups is 1. The van der Waals surface area contributed by atoms with Gasteiger partial charge in [-0.15, -0.1) is 0 Å². The second-order valence-electron chi connectivity index (χ2n) is 6.05. The minimum absolute atomic E-state index is 0.166. The van der Waals surface area contributed by atoms with Crippen LogP contribution < -0.4 is 0 Å². The molecule has 4 nitrogen and oxygen atoms in total. The number of carbonyl (C=O) groups excluding carboxylic acids is 1. The van der Waals surface area contributed by atoms with Crippen molar-refractivity contribution in [1.29, 1.82) is 0 Å². The first-order valence-electron chi connectivity index (χ1n) is 8.09. The fraction of sp³-hybridized carbons (Fsp3) is 0.444. The molecule has 0 saturated heterocycles. The van der Waals surface area contributed by atoms with Crippen molar-refractivity contribution in [3.8, 4) is 0 Å². The van der Waals surface area contributed by atoms with Crippen LogP contribution in [0.4, 0.5) is 0 Å². The molecule has 4 heteroatoms. The Morgan fingerprint density at radius 3 is 2.64 bits per heavy atom.